The van der Waals surface area contributed by atoms with E-state index in [0.717, 1.165) is 42.4 Å². The molecule has 1 aromatic carbocycles. The van der Waals surface area contributed by atoms with Crippen LogP contribution in [-0.4, -0.2) is 33.8 Å². The largest absolute Gasteiger partial charge is 0.357 e. The summed E-state index contributed by atoms with van der Waals surface area (Å²) < 4.78 is 1.85. The maximum absolute atomic E-state index is 4.68. The molecule has 0 atom stereocenters. The average Bonchev–Trinajstić information content (AvgIpc) is 3.22. The van der Waals surface area contributed by atoms with Gasteiger partial charge in [0, 0.05) is 43.8 Å². The van der Waals surface area contributed by atoms with Gasteiger partial charge in [-0.2, -0.15) is 5.10 Å². The lowest BCUT2D eigenvalue weighted by Crippen LogP contribution is -2.38. The van der Waals surface area contributed by atoms with Crippen LogP contribution in [0, 0.1) is 0 Å². The highest BCUT2D eigenvalue weighted by molar-refractivity contribution is 5.79. The van der Waals surface area contributed by atoms with E-state index in [-0.39, 0.29) is 0 Å². The van der Waals surface area contributed by atoms with Gasteiger partial charge in [0.1, 0.15) is 0 Å². The Morgan fingerprint density at radius 3 is 2.81 bits per heavy atom. The molecule has 6 heteroatoms. The molecule has 0 saturated heterocycles. The molecule has 0 fully saturated rings. The van der Waals surface area contributed by atoms with Gasteiger partial charge in [-0.25, -0.2) is 9.67 Å². The fourth-order valence-corrected chi connectivity index (χ4v) is 2.59. The molecule has 0 saturated carbocycles. The van der Waals surface area contributed by atoms with Gasteiger partial charge in [-0.15, -0.1) is 0 Å². The van der Waals surface area contributed by atoms with Crippen LogP contribution in [0.25, 0.3) is 5.69 Å². The van der Waals surface area contributed by atoms with Crippen molar-refractivity contribution in [2.75, 3.05) is 13.1 Å². The fraction of sp³-hybridized carbons (Fsp3) is 0.250. The van der Waals surface area contributed by atoms with Crippen molar-refractivity contribution >= 4 is 5.96 Å². The van der Waals surface area contributed by atoms with Crippen molar-refractivity contribution in [3.05, 3.63) is 78.4 Å². The van der Waals surface area contributed by atoms with Crippen molar-refractivity contribution in [3.8, 4) is 5.69 Å². The molecule has 26 heavy (non-hydrogen) atoms. The number of benzene rings is 1. The van der Waals surface area contributed by atoms with Crippen LogP contribution in [0.5, 0.6) is 0 Å². The summed E-state index contributed by atoms with van der Waals surface area (Å²) in [4.78, 5) is 9.02. The predicted octanol–water partition coefficient (Wildman–Crippen LogP) is 2.57. The van der Waals surface area contributed by atoms with Crippen molar-refractivity contribution in [3.63, 3.8) is 0 Å². The molecule has 0 unspecified atom stereocenters. The lowest BCUT2D eigenvalue weighted by Gasteiger charge is -2.11. The molecule has 6 nitrogen and oxygen atoms in total. The van der Waals surface area contributed by atoms with E-state index < -0.39 is 0 Å². The van der Waals surface area contributed by atoms with Gasteiger partial charge < -0.3 is 10.6 Å². The third-order valence-electron chi connectivity index (χ3n) is 3.84. The summed E-state index contributed by atoms with van der Waals surface area (Å²) >= 11 is 0. The van der Waals surface area contributed by atoms with E-state index in [2.05, 4.69) is 44.8 Å². The molecule has 3 aromatic rings. The number of hydrogen-bond acceptors (Lipinski definition) is 3. The number of nitrogens with one attached hydrogen (secondary N) is 2. The second-order valence-corrected chi connectivity index (χ2v) is 5.81. The summed E-state index contributed by atoms with van der Waals surface area (Å²) in [5, 5.41) is 10.9. The highest BCUT2D eigenvalue weighted by Crippen LogP contribution is 2.10. The summed E-state index contributed by atoms with van der Waals surface area (Å²) in [7, 11) is 0. The van der Waals surface area contributed by atoms with Crippen LogP contribution < -0.4 is 10.6 Å². The Morgan fingerprint density at radius 1 is 1.08 bits per heavy atom. The van der Waals surface area contributed by atoms with E-state index in [0.29, 0.717) is 6.54 Å². The molecule has 0 aliphatic heterocycles. The highest BCUT2D eigenvalue weighted by Gasteiger charge is 2.01. The van der Waals surface area contributed by atoms with E-state index in [1.54, 1.807) is 6.20 Å². The highest BCUT2D eigenvalue weighted by atomic mass is 15.3. The zero-order valence-corrected chi connectivity index (χ0v) is 15.0. The molecule has 0 radical (unpaired) electrons. The molecule has 3 rings (SSSR count). The Bertz CT molecular complexity index is 811. The van der Waals surface area contributed by atoms with Crippen molar-refractivity contribution < 1.29 is 0 Å². The van der Waals surface area contributed by atoms with Crippen molar-refractivity contribution in [2.24, 2.45) is 4.99 Å². The van der Waals surface area contributed by atoms with Gasteiger partial charge in [0.25, 0.3) is 0 Å². The normalized spacial score (nSPS) is 11.3. The minimum atomic E-state index is 0.605. The van der Waals surface area contributed by atoms with Crippen LogP contribution in [0.4, 0.5) is 0 Å². The molecule has 0 amide bonds. The molecule has 2 heterocycles. The standard InChI is InChI=1S/C20H24N6/c1-2-21-20(23-13-10-18-8-3-4-11-22-18)24-16-17-7-5-9-19(15-17)26-14-6-12-25-26/h3-9,11-12,14-15H,2,10,13,16H2,1H3,(H2,21,23,24). The molecule has 2 aromatic heterocycles. The number of hydrogen-bond donors (Lipinski definition) is 2. The second-order valence-electron chi connectivity index (χ2n) is 5.81. The number of rotatable bonds is 7. The van der Waals surface area contributed by atoms with Crippen LogP contribution in [0.15, 0.2) is 72.1 Å². The lowest BCUT2D eigenvalue weighted by atomic mass is 10.2. The SMILES string of the molecule is CCNC(=NCc1cccc(-n2cccn2)c1)NCCc1ccccn1. The maximum Gasteiger partial charge on any atom is 0.191 e. The summed E-state index contributed by atoms with van der Waals surface area (Å²) in [5.41, 5.74) is 3.25. The minimum absolute atomic E-state index is 0.605. The average molecular weight is 348 g/mol. The van der Waals surface area contributed by atoms with Crippen LogP contribution >= 0.6 is 0 Å². The van der Waals surface area contributed by atoms with E-state index in [9.17, 15) is 0 Å². The minimum Gasteiger partial charge on any atom is -0.357 e. The fourth-order valence-electron chi connectivity index (χ4n) is 2.59. The van der Waals surface area contributed by atoms with Crippen LogP contribution in [0.2, 0.25) is 0 Å². The number of aliphatic imine (C=N–C) groups is 1. The Balaban J connectivity index is 1.59. The Kier molecular flexibility index (Phi) is 6.36. The topological polar surface area (TPSA) is 67.1 Å². The predicted molar refractivity (Wildman–Crippen MR) is 104 cm³/mol. The number of nitrogens with zero attached hydrogens (tertiary/aromatic N) is 4. The van der Waals surface area contributed by atoms with Crippen LogP contribution in [0.3, 0.4) is 0 Å². The first-order valence-electron chi connectivity index (χ1n) is 8.86. The lowest BCUT2D eigenvalue weighted by molar-refractivity contribution is 0.788. The van der Waals surface area contributed by atoms with Gasteiger partial charge in [-0.3, -0.25) is 4.98 Å². The molecule has 2 N–H and O–H groups in total. The van der Waals surface area contributed by atoms with E-state index in [4.69, 9.17) is 0 Å². The summed E-state index contributed by atoms with van der Waals surface area (Å²) in [6.45, 7) is 4.28. The molecule has 0 aliphatic rings. The van der Waals surface area contributed by atoms with E-state index >= 15 is 0 Å². The molecule has 0 bridgehead atoms. The summed E-state index contributed by atoms with van der Waals surface area (Å²) in [6.07, 6.45) is 6.40. The summed E-state index contributed by atoms with van der Waals surface area (Å²) in [6, 6.07) is 16.1. The first-order chi connectivity index (χ1) is 12.8. The smallest absolute Gasteiger partial charge is 0.191 e. The van der Waals surface area contributed by atoms with Crippen LogP contribution in [-0.2, 0) is 13.0 Å². The monoisotopic (exact) mass is 348 g/mol. The van der Waals surface area contributed by atoms with Gasteiger partial charge >= 0.3 is 0 Å². The molecular formula is C20H24N6. The van der Waals surface area contributed by atoms with E-state index in [1.807, 2.05) is 53.5 Å². The number of pyridine rings is 1. The molecule has 0 aliphatic carbocycles. The van der Waals surface area contributed by atoms with E-state index in [1.165, 1.54) is 0 Å². The van der Waals surface area contributed by atoms with Crippen molar-refractivity contribution in [1.29, 1.82) is 0 Å². The second kappa shape index (κ2) is 9.36. The number of guanidine groups is 1. The van der Waals surface area contributed by atoms with Gasteiger partial charge in [0.2, 0.25) is 0 Å². The van der Waals surface area contributed by atoms with Gasteiger partial charge in [-0.1, -0.05) is 18.2 Å². The quantitative estimate of drug-likeness (QED) is 0.509. The maximum atomic E-state index is 4.68. The number of aromatic nitrogens is 3. The van der Waals surface area contributed by atoms with Crippen LogP contribution in [0.1, 0.15) is 18.2 Å². The first-order valence-corrected chi connectivity index (χ1v) is 8.86. The van der Waals surface area contributed by atoms with Gasteiger partial charge in [0.05, 0.1) is 12.2 Å². The Labute approximate surface area is 154 Å². The third kappa shape index (κ3) is 5.17. The Morgan fingerprint density at radius 2 is 2.04 bits per heavy atom. The Hall–Kier alpha value is -3.15. The van der Waals surface area contributed by atoms with Crippen molar-refractivity contribution in [1.82, 2.24) is 25.4 Å². The summed E-state index contributed by atoms with van der Waals surface area (Å²) in [5.74, 6) is 0.813. The zero-order valence-electron chi connectivity index (χ0n) is 15.0. The van der Waals surface area contributed by atoms with Gasteiger partial charge in [-0.05, 0) is 42.8 Å². The third-order valence-corrected chi connectivity index (χ3v) is 3.84. The molecular weight excluding hydrogens is 324 g/mol. The van der Waals surface area contributed by atoms with Gasteiger partial charge in [0.15, 0.2) is 5.96 Å². The van der Waals surface area contributed by atoms with Crippen molar-refractivity contribution in [2.45, 2.75) is 19.9 Å². The molecule has 134 valence electrons. The zero-order chi connectivity index (χ0) is 18.0. The first kappa shape index (κ1) is 17.7. The molecule has 0 spiro atoms.